The average Bonchev–Trinajstić information content (AvgIpc) is 2.55. The van der Waals surface area contributed by atoms with E-state index in [1.54, 1.807) is 6.33 Å². The van der Waals surface area contributed by atoms with Crippen molar-refractivity contribution in [2.75, 3.05) is 24.6 Å². The molecule has 94 valence electrons. The Morgan fingerprint density at radius 2 is 2.24 bits per heavy atom. The largest absolute Gasteiger partial charge is 0.478 e. The van der Waals surface area contributed by atoms with Gasteiger partial charge in [0.05, 0.1) is 6.61 Å². The molecule has 1 unspecified atom stereocenters. The number of ether oxygens (including phenoxy) is 1. The Kier molecular flexibility index (Phi) is 4.18. The van der Waals surface area contributed by atoms with E-state index < -0.39 is 0 Å². The number of hydrogen-bond acceptors (Lipinski definition) is 4. The van der Waals surface area contributed by atoms with E-state index in [0.717, 1.165) is 24.8 Å². The van der Waals surface area contributed by atoms with Crippen LogP contribution in [0.15, 0.2) is 12.4 Å². The van der Waals surface area contributed by atoms with Crippen molar-refractivity contribution in [2.45, 2.75) is 33.1 Å². The molecule has 1 aromatic rings. The molecule has 0 aliphatic carbocycles. The Hall–Kier alpha value is -1.32. The van der Waals surface area contributed by atoms with Crippen LogP contribution < -0.4 is 9.64 Å². The quantitative estimate of drug-likeness (QED) is 0.807. The molecule has 1 saturated heterocycles. The molecule has 4 nitrogen and oxygen atoms in total. The summed E-state index contributed by atoms with van der Waals surface area (Å²) in [4.78, 5) is 10.8. The van der Waals surface area contributed by atoms with E-state index >= 15 is 0 Å². The molecule has 1 fully saturated rings. The van der Waals surface area contributed by atoms with Gasteiger partial charge in [0.2, 0.25) is 5.88 Å². The molecule has 1 aliphatic heterocycles. The van der Waals surface area contributed by atoms with Gasteiger partial charge in [0, 0.05) is 19.2 Å². The molecule has 0 aromatic carbocycles. The van der Waals surface area contributed by atoms with E-state index in [0.29, 0.717) is 12.5 Å². The van der Waals surface area contributed by atoms with Crippen molar-refractivity contribution in [2.24, 2.45) is 5.92 Å². The lowest BCUT2D eigenvalue weighted by Crippen LogP contribution is -2.25. The fraction of sp³-hybridized carbons (Fsp3) is 0.692. The molecule has 4 heteroatoms. The maximum atomic E-state index is 5.41. The third kappa shape index (κ3) is 3.32. The second kappa shape index (κ2) is 5.84. The summed E-state index contributed by atoms with van der Waals surface area (Å²) in [6.45, 7) is 7.12. The first-order chi connectivity index (χ1) is 8.29. The standard InChI is InChI=1S/C13H21N3O/c1-3-17-13-9-12(14-10-15-13)16-7-4-5-11(2)6-8-16/h9-11H,3-8H2,1-2H3. The third-order valence-corrected chi connectivity index (χ3v) is 3.26. The summed E-state index contributed by atoms with van der Waals surface area (Å²) in [7, 11) is 0. The molecular weight excluding hydrogens is 214 g/mol. The average molecular weight is 235 g/mol. The first-order valence-corrected chi connectivity index (χ1v) is 6.49. The zero-order chi connectivity index (χ0) is 12.1. The van der Waals surface area contributed by atoms with E-state index in [9.17, 15) is 0 Å². The Balaban J connectivity index is 2.07. The van der Waals surface area contributed by atoms with E-state index in [1.165, 1.54) is 19.3 Å². The van der Waals surface area contributed by atoms with Crippen molar-refractivity contribution < 1.29 is 4.74 Å². The minimum absolute atomic E-state index is 0.646. The lowest BCUT2D eigenvalue weighted by molar-refractivity contribution is 0.326. The van der Waals surface area contributed by atoms with Crippen LogP contribution in [0.3, 0.4) is 0 Å². The smallest absolute Gasteiger partial charge is 0.218 e. The summed E-state index contributed by atoms with van der Waals surface area (Å²) in [5.74, 6) is 2.50. The van der Waals surface area contributed by atoms with E-state index in [4.69, 9.17) is 4.74 Å². The molecule has 1 aromatic heterocycles. The van der Waals surface area contributed by atoms with Crippen LogP contribution in [0.4, 0.5) is 5.82 Å². The fourth-order valence-electron chi connectivity index (χ4n) is 2.22. The molecule has 0 amide bonds. The highest BCUT2D eigenvalue weighted by Gasteiger charge is 2.15. The lowest BCUT2D eigenvalue weighted by atomic mass is 10.0. The van der Waals surface area contributed by atoms with Crippen molar-refractivity contribution in [1.82, 2.24) is 9.97 Å². The van der Waals surface area contributed by atoms with Crippen LogP contribution in [-0.4, -0.2) is 29.7 Å². The first kappa shape index (κ1) is 12.1. The summed E-state index contributed by atoms with van der Waals surface area (Å²) in [5.41, 5.74) is 0. The zero-order valence-electron chi connectivity index (χ0n) is 10.7. The van der Waals surface area contributed by atoms with Crippen molar-refractivity contribution in [3.8, 4) is 5.88 Å². The number of anilines is 1. The highest BCUT2D eigenvalue weighted by atomic mass is 16.5. The van der Waals surface area contributed by atoms with Crippen LogP contribution in [0.2, 0.25) is 0 Å². The van der Waals surface area contributed by atoms with E-state index in [2.05, 4.69) is 21.8 Å². The van der Waals surface area contributed by atoms with Gasteiger partial charge < -0.3 is 9.64 Å². The van der Waals surface area contributed by atoms with Gasteiger partial charge in [0.25, 0.3) is 0 Å². The SMILES string of the molecule is CCOc1cc(N2CCCC(C)CC2)ncn1. The van der Waals surface area contributed by atoms with Crippen molar-refractivity contribution in [1.29, 1.82) is 0 Å². The normalized spacial score (nSPS) is 21.1. The first-order valence-electron chi connectivity index (χ1n) is 6.49. The van der Waals surface area contributed by atoms with Crippen LogP contribution in [-0.2, 0) is 0 Å². The van der Waals surface area contributed by atoms with Gasteiger partial charge in [0.15, 0.2) is 0 Å². The van der Waals surface area contributed by atoms with Gasteiger partial charge >= 0.3 is 0 Å². The van der Waals surface area contributed by atoms with Gasteiger partial charge in [-0.2, -0.15) is 0 Å². The predicted molar refractivity (Wildman–Crippen MR) is 68.4 cm³/mol. The van der Waals surface area contributed by atoms with Crippen molar-refractivity contribution in [3.05, 3.63) is 12.4 Å². The van der Waals surface area contributed by atoms with Gasteiger partial charge in [-0.05, 0) is 32.1 Å². The van der Waals surface area contributed by atoms with E-state index in [-0.39, 0.29) is 0 Å². The minimum Gasteiger partial charge on any atom is -0.478 e. The highest BCUT2D eigenvalue weighted by Crippen LogP contribution is 2.22. The zero-order valence-corrected chi connectivity index (χ0v) is 10.7. The van der Waals surface area contributed by atoms with Crippen molar-refractivity contribution in [3.63, 3.8) is 0 Å². The van der Waals surface area contributed by atoms with Gasteiger partial charge in [0.1, 0.15) is 12.1 Å². The fourth-order valence-corrected chi connectivity index (χ4v) is 2.22. The highest BCUT2D eigenvalue weighted by molar-refractivity contribution is 5.40. The maximum absolute atomic E-state index is 5.41. The van der Waals surface area contributed by atoms with Crippen LogP contribution in [0.25, 0.3) is 0 Å². The molecule has 0 radical (unpaired) electrons. The van der Waals surface area contributed by atoms with Crippen LogP contribution in [0, 0.1) is 5.92 Å². The van der Waals surface area contributed by atoms with Crippen LogP contribution >= 0.6 is 0 Å². The van der Waals surface area contributed by atoms with Crippen LogP contribution in [0.1, 0.15) is 33.1 Å². The Bertz CT molecular complexity index is 356. The number of aromatic nitrogens is 2. The summed E-state index contributed by atoms with van der Waals surface area (Å²) < 4.78 is 5.41. The second-order valence-corrected chi connectivity index (χ2v) is 4.67. The number of rotatable bonds is 3. The molecule has 0 spiro atoms. The second-order valence-electron chi connectivity index (χ2n) is 4.67. The molecule has 2 heterocycles. The third-order valence-electron chi connectivity index (χ3n) is 3.26. The Labute approximate surface area is 103 Å². The molecule has 0 bridgehead atoms. The molecule has 17 heavy (non-hydrogen) atoms. The Morgan fingerprint density at radius 3 is 3.06 bits per heavy atom. The maximum Gasteiger partial charge on any atom is 0.218 e. The lowest BCUT2D eigenvalue weighted by Gasteiger charge is -2.21. The van der Waals surface area contributed by atoms with Gasteiger partial charge in [-0.1, -0.05) is 6.92 Å². The van der Waals surface area contributed by atoms with Gasteiger partial charge in [-0.15, -0.1) is 0 Å². The molecule has 1 aliphatic rings. The minimum atomic E-state index is 0.646. The molecule has 0 N–H and O–H groups in total. The number of hydrogen-bond donors (Lipinski definition) is 0. The summed E-state index contributed by atoms with van der Waals surface area (Å²) in [6, 6.07) is 1.94. The van der Waals surface area contributed by atoms with Gasteiger partial charge in [-0.3, -0.25) is 0 Å². The molecular formula is C13H21N3O. The predicted octanol–water partition coefficient (Wildman–Crippen LogP) is 2.50. The van der Waals surface area contributed by atoms with Gasteiger partial charge in [-0.25, -0.2) is 9.97 Å². The number of nitrogens with zero attached hydrogens (tertiary/aromatic N) is 3. The topological polar surface area (TPSA) is 38.2 Å². The Morgan fingerprint density at radius 1 is 1.35 bits per heavy atom. The summed E-state index contributed by atoms with van der Waals surface area (Å²) in [6.07, 6.45) is 5.40. The summed E-state index contributed by atoms with van der Waals surface area (Å²) >= 11 is 0. The molecule has 0 saturated carbocycles. The molecule has 1 atom stereocenters. The monoisotopic (exact) mass is 235 g/mol. The van der Waals surface area contributed by atoms with Crippen LogP contribution in [0.5, 0.6) is 5.88 Å². The summed E-state index contributed by atoms with van der Waals surface area (Å²) in [5, 5.41) is 0. The molecule has 2 rings (SSSR count). The van der Waals surface area contributed by atoms with E-state index in [1.807, 2.05) is 13.0 Å². The van der Waals surface area contributed by atoms with Crippen molar-refractivity contribution >= 4 is 5.82 Å².